The predicted octanol–water partition coefficient (Wildman–Crippen LogP) is 8.61. The summed E-state index contributed by atoms with van der Waals surface area (Å²) in [4.78, 5) is 141. The van der Waals surface area contributed by atoms with Gasteiger partial charge in [0.05, 0.1) is 60.5 Å². The normalized spacial score (nSPS) is 23.0. The molecule has 3 unspecified atom stereocenters. The Bertz CT molecular complexity index is 5600. The van der Waals surface area contributed by atoms with Gasteiger partial charge >= 0.3 is 11.6 Å². The summed E-state index contributed by atoms with van der Waals surface area (Å²) in [5.41, 5.74) is -2.03. The van der Waals surface area contributed by atoms with Crippen molar-refractivity contribution in [2.75, 3.05) is 37.5 Å². The number of hydrogen-bond acceptors (Lipinski definition) is 28. The van der Waals surface area contributed by atoms with Gasteiger partial charge in [0, 0.05) is 143 Å². The summed E-state index contributed by atoms with van der Waals surface area (Å²) in [6.45, 7) is 36.1. The van der Waals surface area contributed by atoms with Crippen molar-refractivity contribution in [3.05, 3.63) is 168 Å². The SMILES string of the molecule is CC(C)(C)CCN1C=C(F)C(=O)CC1=O.CC(C)(C)Cc1ccn(C2C[C@H](CO)[C@@H](O)C2(F)F)c(=O)n1.CC(C)(C)N1C=C(F)C(=O)CC1=O.CC(C)(C)Nc1cccc2c1CN(C1CCC(=O)NC1=O)C2=O.CC(C)(C)Nc1n[n+]([O-])c2ccccc2[n+]1[O-].COc1cccc2c1C(=O)c1c(O)c3c(c(O)c1C2=O)C[C@@](O)(C(=O)CO)C[C@@H]3OC1C[C@H](NC(C)(C)C)[C@@H](O)[C@H](C)O1. The number of allylic oxidation sites excluding steroid dienone is 2. The number of ketones is 5. The molecule has 8 aliphatic rings. The number of para-hydroxylation sites is 2. The van der Waals surface area contributed by atoms with Crippen LogP contribution in [0.1, 0.15) is 260 Å². The van der Waals surface area contributed by atoms with Gasteiger partial charge in [0.2, 0.25) is 46.1 Å². The maximum Gasteiger partial charge on any atom is 0.461 e. The van der Waals surface area contributed by atoms with Gasteiger partial charge in [0.1, 0.15) is 47.6 Å². The highest BCUT2D eigenvalue weighted by Crippen LogP contribution is 2.53. The lowest BCUT2D eigenvalue weighted by molar-refractivity contribution is -0.672. The molecule has 724 valence electrons. The van der Waals surface area contributed by atoms with Crippen LogP contribution in [0.3, 0.4) is 0 Å². The molecule has 133 heavy (non-hydrogen) atoms. The Hall–Kier alpha value is -11.6. The largest absolute Gasteiger partial charge is 0.739 e. The predicted molar refractivity (Wildman–Crippen MR) is 476 cm³/mol. The minimum atomic E-state index is -3.47. The Labute approximate surface area is 767 Å². The van der Waals surface area contributed by atoms with E-state index in [0.717, 1.165) is 34.6 Å². The van der Waals surface area contributed by atoms with Gasteiger partial charge in [0.15, 0.2) is 35.0 Å². The first-order chi connectivity index (χ1) is 61.4. The first-order valence-corrected chi connectivity index (χ1v) is 43.6. The number of rotatable bonds is 14. The van der Waals surface area contributed by atoms with Gasteiger partial charge in [0.25, 0.3) is 17.3 Å². The number of nitrogens with zero attached hydrogens (tertiary/aromatic N) is 8. The number of aliphatic hydroxyl groups is 5. The van der Waals surface area contributed by atoms with Crippen LogP contribution >= 0.6 is 0 Å². The van der Waals surface area contributed by atoms with E-state index in [-0.39, 0.29) is 129 Å². The first-order valence-electron chi connectivity index (χ1n) is 43.6. The quantitative estimate of drug-likeness (QED) is 0.0121. The number of alkyl halides is 2. The Morgan fingerprint density at radius 3 is 1.88 bits per heavy atom. The lowest BCUT2D eigenvalue weighted by Gasteiger charge is -2.44. The van der Waals surface area contributed by atoms with Crippen molar-refractivity contribution in [2.45, 2.75) is 285 Å². The molecule has 39 heteroatoms. The minimum Gasteiger partial charge on any atom is -0.739 e. The molecule has 11 N–H and O–H groups in total. The fourth-order valence-corrected chi connectivity index (χ4v) is 16.3. The minimum absolute atomic E-state index is 0.00574. The molecule has 4 aromatic carbocycles. The molecule has 2 aromatic heterocycles. The van der Waals surface area contributed by atoms with Gasteiger partial charge in [-0.1, -0.05) is 71.9 Å². The van der Waals surface area contributed by atoms with E-state index in [2.05, 4.69) is 52.1 Å². The second kappa shape index (κ2) is 40.7. The molecule has 14 rings (SSSR count). The number of anilines is 2. The maximum atomic E-state index is 14.1. The van der Waals surface area contributed by atoms with Crippen LogP contribution in [0, 0.1) is 27.2 Å². The van der Waals surface area contributed by atoms with Gasteiger partial charge in [-0.15, -0.1) is 0 Å². The first kappa shape index (κ1) is 105. The lowest BCUT2D eigenvalue weighted by atomic mass is 9.72. The smallest absolute Gasteiger partial charge is 0.461 e. The number of imide groups is 1. The van der Waals surface area contributed by atoms with Crippen LogP contribution in [-0.2, 0) is 62.4 Å². The van der Waals surface area contributed by atoms with E-state index in [1.165, 1.54) is 41.3 Å². The number of aromatic hydroxyl groups is 2. The van der Waals surface area contributed by atoms with Gasteiger partial charge in [-0.05, 0) is 157 Å². The van der Waals surface area contributed by atoms with Crippen molar-refractivity contribution in [3.8, 4) is 17.2 Å². The molecule has 5 aliphatic heterocycles. The number of aromatic nitrogens is 5. The third-order valence-corrected chi connectivity index (χ3v) is 22.7. The van der Waals surface area contributed by atoms with Crippen molar-refractivity contribution in [3.63, 3.8) is 0 Å². The molecular weight excluding hydrogens is 1740 g/mol. The molecule has 0 radical (unpaired) electrons. The molecule has 7 heterocycles. The fraction of sp³-hybridized carbons (Fsp3) is 0.543. The molecule has 3 aliphatic carbocycles. The van der Waals surface area contributed by atoms with Gasteiger partial charge in [-0.25, -0.2) is 27.1 Å². The summed E-state index contributed by atoms with van der Waals surface area (Å²) in [6.07, 6.45) is -2.32. The summed E-state index contributed by atoms with van der Waals surface area (Å²) >= 11 is 0. The number of carbonyl (C=O) groups excluding carboxylic acids is 10. The number of halogens is 4. The van der Waals surface area contributed by atoms with Crippen LogP contribution in [0.25, 0.3) is 11.0 Å². The standard InChI is InChI=1S/C31H37NO11.C17H21N3O3.C15H22F2N2O3.C11H16FNO2.C11H14N4O2.C9H12FNO2/c1-13-25(35)16(32-30(2,3)4)9-20(42-13)43-18-11-31(40,19(34)12-33)10-15-22(18)29(39)24-23(27(15)37)26(36)14-7-6-8-17(41-5)21(14)28(24)38;1-17(2,3)19-12-6-4-5-10-11(12)9-20(16(10)23)13-7-8-14(21)18-15(13)22;1-14(2,3)7-10-4-5-19(13(22)18-10)11-6-9(8-20)12(21)15(11,16)17;1-11(2,3)4-5-13-7-8(12)9(14)6-10(13)15;1-11(2,3)12-10-13-15(17)9-7-5-4-6-8(9)14(10)16;1-9(2,3)11-5-6(10)7(12)4-8(11)13/h6-8,13,16,18,20,25,32-33,35,37,39-40H,9-12H2,1-5H3;4-6,13,19H,7-9H2,1-3H3,(H,18,21,22);4-5,9,11-12,20-21H,6-8H2,1-3H3;7H,4-6H2,1-3H3;4-7H,1-3H3,(H,12,13);5H,4H2,1-3H3/t13-,16-,18-,20?,25-,31-;;9-,11?,12-;;;/m0.1.../s1. The highest BCUT2D eigenvalue weighted by molar-refractivity contribution is 6.31. The average molecular weight is 1860 g/mol. The average Bonchev–Trinajstić information content (AvgIpc) is 1.14. The molecule has 2 saturated heterocycles. The molecule has 0 spiro atoms. The monoisotopic (exact) mass is 1860 g/mol. The zero-order valence-corrected chi connectivity index (χ0v) is 78.4. The summed E-state index contributed by atoms with van der Waals surface area (Å²) in [5.74, 6) is -12.7. The lowest BCUT2D eigenvalue weighted by Crippen LogP contribution is -2.58. The summed E-state index contributed by atoms with van der Waals surface area (Å²) in [7, 11) is 1.33. The third kappa shape index (κ3) is 25.1. The van der Waals surface area contributed by atoms with Gasteiger partial charge in [-0.3, -0.25) is 63.1 Å². The molecule has 5 amide bonds. The third-order valence-electron chi connectivity index (χ3n) is 22.7. The van der Waals surface area contributed by atoms with Crippen LogP contribution in [0.5, 0.6) is 17.2 Å². The van der Waals surface area contributed by atoms with E-state index < -0.39 is 167 Å². The van der Waals surface area contributed by atoms with Crippen molar-refractivity contribution in [2.24, 2.45) is 16.7 Å². The number of carbonyl (C=O) groups is 10. The van der Waals surface area contributed by atoms with Crippen molar-refractivity contribution >= 4 is 81.1 Å². The Balaban J connectivity index is 0.000000190. The number of aliphatic hydroxyl groups excluding tert-OH is 4. The van der Waals surface area contributed by atoms with E-state index in [9.17, 15) is 111 Å². The Morgan fingerprint density at radius 2 is 1.32 bits per heavy atom. The number of methoxy groups -OCH3 is 1. The molecular formula is C94H122F4N12O23. The highest BCUT2D eigenvalue weighted by Gasteiger charge is 2.58. The van der Waals surface area contributed by atoms with E-state index in [1.54, 1.807) is 69.0 Å². The van der Waals surface area contributed by atoms with Crippen LogP contribution in [0.2, 0.25) is 0 Å². The number of benzene rings is 4. The number of phenolic OH excluding ortho intramolecular Hbond substituents is 2. The number of fused-ring (bicyclic) bond motifs is 5. The number of ether oxygens (including phenoxy) is 3. The summed E-state index contributed by atoms with van der Waals surface area (Å²) in [5, 5.41) is 113. The highest BCUT2D eigenvalue weighted by atomic mass is 19.3. The van der Waals surface area contributed by atoms with E-state index in [4.69, 9.17) is 19.3 Å². The number of hydrogen-bond donors (Lipinski definition) is 11. The molecule has 0 bridgehead atoms. The fourth-order valence-electron chi connectivity index (χ4n) is 16.3. The second-order valence-electron chi connectivity index (χ2n) is 40.6. The maximum absolute atomic E-state index is 14.1. The topological polar surface area (TPSA) is 500 Å². The zero-order chi connectivity index (χ0) is 99.6. The van der Waals surface area contributed by atoms with Gasteiger partial charge < -0.3 is 85.7 Å². The second-order valence-corrected chi connectivity index (χ2v) is 40.6. The summed E-state index contributed by atoms with van der Waals surface area (Å²) in [6, 6.07) is 15.6. The number of piperidine rings is 1. The number of amides is 5. The Kier molecular flexibility index (Phi) is 32.2. The van der Waals surface area contributed by atoms with Crippen molar-refractivity contribution in [1.29, 1.82) is 0 Å². The van der Waals surface area contributed by atoms with Gasteiger partial charge in [-0.2, -0.15) is 4.98 Å². The van der Waals surface area contributed by atoms with Crippen LogP contribution in [0.4, 0.5) is 29.2 Å². The van der Waals surface area contributed by atoms with E-state index in [0.29, 0.717) is 52.3 Å². The van der Waals surface area contributed by atoms with Crippen LogP contribution in [0.15, 0.2) is 102 Å². The Morgan fingerprint density at radius 1 is 0.714 bits per heavy atom. The number of phenols is 2. The van der Waals surface area contributed by atoms with E-state index >= 15 is 0 Å². The zero-order valence-electron chi connectivity index (χ0n) is 78.4. The summed E-state index contributed by atoms with van der Waals surface area (Å²) < 4.78 is 73.0. The molecule has 10 atom stereocenters. The van der Waals surface area contributed by atoms with Crippen molar-refractivity contribution in [1.82, 2.24) is 40.0 Å². The molecule has 6 aromatic rings. The molecule has 35 nitrogen and oxygen atoms in total. The van der Waals surface area contributed by atoms with Crippen molar-refractivity contribution < 1.29 is 125 Å². The van der Waals surface area contributed by atoms with Crippen LogP contribution in [-0.4, -0.2) is 221 Å². The molecule has 1 saturated carbocycles. The number of Topliss-reactive ketones (excluding diaryl/α,β-unsaturated/α-hetero) is 3. The van der Waals surface area contributed by atoms with Crippen LogP contribution < -0.4 is 41.3 Å². The molecule has 3 fully saturated rings. The number of nitrogens with one attached hydrogen (secondary N) is 4. The van der Waals surface area contributed by atoms with E-state index in [1.807, 2.05) is 95.2 Å².